The SMILES string of the molecule is Cc1ccc([C@H](c2ccn3c(C(F)(F)F)nnc3c2C)C(C)(C)C(=O)OCc2ccccc2)cc1CO. The summed E-state index contributed by atoms with van der Waals surface area (Å²) >= 11 is 0. The number of aliphatic hydroxyl groups is 1. The molecule has 9 heteroatoms. The van der Waals surface area contributed by atoms with Crippen LogP contribution in [0.3, 0.4) is 0 Å². The van der Waals surface area contributed by atoms with Crippen molar-refractivity contribution in [2.24, 2.45) is 5.41 Å². The number of aromatic nitrogens is 3. The van der Waals surface area contributed by atoms with E-state index in [1.165, 1.54) is 6.20 Å². The molecule has 2 heterocycles. The lowest BCUT2D eigenvalue weighted by atomic mass is 9.70. The molecular weight excluding hydrogens is 483 g/mol. The topological polar surface area (TPSA) is 76.7 Å². The molecule has 0 aliphatic carbocycles. The maximum absolute atomic E-state index is 13.5. The Bertz CT molecular complexity index is 1430. The third kappa shape index (κ3) is 5.09. The normalized spacial score (nSPS) is 13.1. The first-order chi connectivity index (χ1) is 17.4. The number of aliphatic hydroxyl groups excluding tert-OH is 1. The summed E-state index contributed by atoms with van der Waals surface area (Å²) in [5.41, 5.74) is 3.13. The van der Waals surface area contributed by atoms with Crippen molar-refractivity contribution in [2.45, 2.75) is 53.0 Å². The van der Waals surface area contributed by atoms with E-state index in [2.05, 4.69) is 10.2 Å². The maximum Gasteiger partial charge on any atom is 0.452 e. The van der Waals surface area contributed by atoms with Crippen LogP contribution in [0.4, 0.5) is 13.2 Å². The van der Waals surface area contributed by atoms with Crippen molar-refractivity contribution in [3.63, 3.8) is 0 Å². The van der Waals surface area contributed by atoms with Crippen LogP contribution in [0.1, 0.15) is 59.0 Å². The second-order valence-electron chi connectivity index (χ2n) is 9.67. The van der Waals surface area contributed by atoms with E-state index in [4.69, 9.17) is 4.74 Å². The van der Waals surface area contributed by atoms with Crippen molar-refractivity contribution < 1.29 is 27.8 Å². The van der Waals surface area contributed by atoms with Crippen LogP contribution in [0, 0.1) is 19.3 Å². The van der Waals surface area contributed by atoms with Gasteiger partial charge in [0.05, 0.1) is 12.0 Å². The molecule has 2 aromatic heterocycles. The number of halogens is 3. The molecule has 1 N–H and O–H groups in total. The van der Waals surface area contributed by atoms with Crippen molar-refractivity contribution >= 4 is 11.6 Å². The second-order valence-corrected chi connectivity index (χ2v) is 9.67. The highest BCUT2D eigenvalue weighted by Gasteiger charge is 2.42. The molecule has 0 spiro atoms. The monoisotopic (exact) mass is 511 g/mol. The Morgan fingerprint density at radius 1 is 1.05 bits per heavy atom. The van der Waals surface area contributed by atoms with Crippen LogP contribution < -0.4 is 0 Å². The lowest BCUT2D eigenvalue weighted by Crippen LogP contribution is -2.34. The molecule has 0 fully saturated rings. The van der Waals surface area contributed by atoms with Crippen LogP contribution in [0.2, 0.25) is 0 Å². The molecule has 0 aliphatic rings. The number of carbonyl (C=O) groups excluding carboxylic acids is 1. The number of hydrogen-bond donors (Lipinski definition) is 1. The quantitative estimate of drug-likeness (QED) is 0.319. The molecule has 0 aliphatic heterocycles. The summed E-state index contributed by atoms with van der Waals surface area (Å²) in [6, 6.07) is 16.4. The van der Waals surface area contributed by atoms with Crippen LogP contribution in [-0.4, -0.2) is 25.7 Å². The average Bonchev–Trinajstić information content (AvgIpc) is 3.31. The van der Waals surface area contributed by atoms with E-state index in [0.29, 0.717) is 16.7 Å². The lowest BCUT2D eigenvalue weighted by Gasteiger charge is -2.34. The summed E-state index contributed by atoms with van der Waals surface area (Å²) in [7, 11) is 0. The fourth-order valence-corrected chi connectivity index (χ4v) is 4.66. The Morgan fingerprint density at radius 3 is 2.41 bits per heavy atom. The molecule has 0 saturated heterocycles. The summed E-state index contributed by atoms with van der Waals surface area (Å²) in [6.45, 7) is 6.93. The number of hydrogen-bond acceptors (Lipinski definition) is 5. The van der Waals surface area contributed by atoms with E-state index in [1.807, 2.05) is 55.5 Å². The van der Waals surface area contributed by atoms with Crippen LogP contribution in [0.25, 0.3) is 5.65 Å². The predicted octanol–water partition coefficient (Wildman–Crippen LogP) is 5.76. The number of nitrogens with zero attached hydrogens (tertiary/aromatic N) is 3. The Balaban J connectivity index is 1.83. The largest absolute Gasteiger partial charge is 0.460 e. The summed E-state index contributed by atoms with van der Waals surface area (Å²) in [5, 5.41) is 17.0. The van der Waals surface area contributed by atoms with Gasteiger partial charge in [0.1, 0.15) is 6.61 Å². The molecule has 2 aromatic carbocycles. The Labute approximate surface area is 212 Å². The summed E-state index contributed by atoms with van der Waals surface area (Å²) in [6.07, 6.45) is -3.39. The van der Waals surface area contributed by atoms with E-state index >= 15 is 0 Å². The van der Waals surface area contributed by atoms with Gasteiger partial charge < -0.3 is 9.84 Å². The number of pyridine rings is 1. The van der Waals surface area contributed by atoms with Crippen molar-refractivity contribution in [3.8, 4) is 0 Å². The van der Waals surface area contributed by atoms with Crippen LogP contribution in [-0.2, 0) is 28.9 Å². The first-order valence-electron chi connectivity index (χ1n) is 11.8. The number of benzene rings is 2. The molecule has 4 aromatic rings. The zero-order valence-electron chi connectivity index (χ0n) is 21.0. The van der Waals surface area contributed by atoms with E-state index in [1.54, 1.807) is 26.8 Å². The maximum atomic E-state index is 13.5. The second kappa shape index (κ2) is 9.97. The van der Waals surface area contributed by atoms with Gasteiger partial charge in [0.2, 0.25) is 5.82 Å². The minimum absolute atomic E-state index is 0.0535. The van der Waals surface area contributed by atoms with E-state index in [0.717, 1.165) is 21.1 Å². The highest BCUT2D eigenvalue weighted by atomic mass is 19.4. The summed E-state index contributed by atoms with van der Waals surface area (Å²) in [5.74, 6) is -2.20. The van der Waals surface area contributed by atoms with Gasteiger partial charge in [-0.05, 0) is 67.1 Å². The number of esters is 1. The molecule has 1 atom stereocenters. The fourth-order valence-electron chi connectivity index (χ4n) is 4.66. The first-order valence-corrected chi connectivity index (χ1v) is 11.8. The van der Waals surface area contributed by atoms with Crippen molar-refractivity contribution in [3.05, 3.63) is 100.0 Å². The zero-order valence-corrected chi connectivity index (χ0v) is 21.0. The number of fused-ring (bicyclic) bond motifs is 1. The van der Waals surface area contributed by atoms with Crippen molar-refractivity contribution in [1.82, 2.24) is 14.6 Å². The van der Waals surface area contributed by atoms with E-state index in [-0.39, 0.29) is 18.9 Å². The standard InChI is InChI=1S/C28H28F3N3O3/c1-17-10-11-20(14-21(17)15-35)23(27(3,4)26(36)37-16-19-8-6-5-7-9-19)22-12-13-34-24(18(22)2)32-33-25(34)28(29,30)31/h5-14,23,35H,15-16H2,1-4H3/t23-/m1/s1. The van der Waals surface area contributed by atoms with Crippen LogP contribution in [0.15, 0.2) is 60.8 Å². The fraction of sp³-hybridized carbons (Fsp3) is 0.321. The van der Waals surface area contributed by atoms with Gasteiger partial charge in [-0.2, -0.15) is 13.2 Å². The third-order valence-electron chi connectivity index (χ3n) is 6.77. The molecule has 0 radical (unpaired) electrons. The van der Waals surface area contributed by atoms with E-state index in [9.17, 15) is 23.1 Å². The summed E-state index contributed by atoms with van der Waals surface area (Å²) in [4.78, 5) is 13.5. The molecule has 194 valence electrons. The van der Waals surface area contributed by atoms with Gasteiger partial charge in [0.15, 0.2) is 5.65 Å². The molecule has 37 heavy (non-hydrogen) atoms. The highest BCUT2D eigenvalue weighted by Crippen LogP contribution is 2.44. The molecule has 0 amide bonds. The Hall–Kier alpha value is -3.72. The zero-order chi connectivity index (χ0) is 27.0. The highest BCUT2D eigenvalue weighted by molar-refractivity contribution is 5.79. The predicted molar refractivity (Wildman–Crippen MR) is 132 cm³/mol. The number of aryl methyl sites for hydroxylation is 2. The minimum atomic E-state index is -4.67. The lowest BCUT2D eigenvalue weighted by molar-refractivity contribution is -0.156. The molecule has 0 bridgehead atoms. The van der Waals surface area contributed by atoms with Gasteiger partial charge in [-0.15, -0.1) is 10.2 Å². The van der Waals surface area contributed by atoms with Crippen LogP contribution in [0.5, 0.6) is 0 Å². The van der Waals surface area contributed by atoms with Gasteiger partial charge in [0, 0.05) is 12.1 Å². The Kier molecular flexibility index (Phi) is 7.10. The summed E-state index contributed by atoms with van der Waals surface area (Å²) < 4.78 is 46.9. The first kappa shape index (κ1) is 26.3. The van der Waals surface area contributed by atoms with Gasteiger partial charge >= 0.3 is 12.1 Å². The van der Waals surface area contributed by atoms with Gasteiger partial charge in [-0.3, -0.25) is 9.20 Å². The third-order valence-corrected chi connectivity index (χ3v) is 6.77. The van der Waals surface area contributed by atoms with Crippen molar-refractivity contribution in [2.75, 3.05) is 0 Å². The molecule has 4 rings (SSSR count). The molecule has 0 saturated carbocycles. The van der Waals surface area contributed by atoms with Gasteiger partial charge in [-0.25, -0.2) is 0 Å². The van der Waals surface area contributed by atoms with Gasteiger partial charge in [-0.1, -0.05) is 48.5 Å². The average molecular weight is 512 g/mol. The molecule has 0 unspecified atom stereocenters. The number of carbonyl (C=O) groups is 1. The Morgan fingerprint density at radius 2 is 1.76 bits per heavy atom. The number of rotatable bonds is 7. The minimum Gasteiger partial charge on any atom is -0.460 e. The number of alkyl halides is 3. The molecule has 6 nitrogen and oxygen atoms in total. The van der Waals surface area contributed by atoms with Crippen LogP contribution >= 0.6 is 0 Å². The van der Waals surface area contributed by atoms with E-state index < -0.39 is 29.3 Å². The van der Waals surface area contributed by atoms with Gasteiger partial charge in [0.25, 0.3) is 0 Å². The van der Waals surface area contributed by atoms with Crippen molar-refractivity contribution in [1.29, 1.82) is 0 Å². The molecular formula is C28H28F3N3O3. The smallest absolute Gasteiger partial charge is 0.452 e. The number of ether oxygens (including phenoxy) is 1.